The predicted octanol–water partition coefficient (Wildman–Crippen LogP) is 2.31. The molecule has 1 N–H and O–H groups in total. The van der Waals surface area contributed by atoms with Crippen LogP contribution in [0.1, 0.15) is 11.1 Å². The van der Waals surface area contributed by atoms with Crippen LogP contribution in [0, 0.1) is 12.7 Å². The van der Waals surface area contributed by atoms with Gasteiger partial charge >= 0.3 is 0 Å². The minimum absolute atomic E-state index is 0.212. The summed E-state index contributed by atoms with van der Waals surface area (Å²) in [6.45, 7) is 6.32. The molecular formula is C13H18BrFN2O. The van der Waals surface area contributed by atoms with Gasteiger partial charge in [0.15, 0.2) is 0 Å². The molecular weight excluding hydrogens is 299 g/mol. The first kappa shape index (κ1) is 13.8. The van der Waals surface area contributed by atoms with Crippen molar-refractivity contribution in [2.24, 2.45) is 0 Å². The summed E-state index contributed by atoms with van der Waals surface area (Å²) in [7, 11) is 1.59. The molecule has 1 aliphatic heterocycles. The van der Waals surface area contributed by atoms with E-state index in [1.54, 1.807) is 13.2 Å². The number of piperazine rings is 1. The van der Waals surface area contributed by atoms with E-state index in [0.29, 0.717) is 22.3 Å². The Morgan fingerprint density at radius 1 is 1.44 bits per heavy atom. The van der Waals surface area contributed by atoms with E-state index in [1.807, 2.05) is 6.92 Å². The highest BCUT2D eigenvalue weighted by molar-refractivity contribution is 9.10. The fraction of sp³-hybridized carbons (Fsp3) is 0.538. The summed E-state index contributed by atoms with van der Waals surface area (Å²) in [6, 6.07) is 1.76. The lowest BCUT2D eigenvalue weighted by atomic mass is 10.1. The van der Waals surface area contributed by atoms with Gasteiger partial charge in [0.05, 0.1) is 11.6 Å². The normalized spacial score (nSPS) is 16.9. The SMILES string of the molecule is COc1c(C)cc(Br)c(F)c1CN1CCNCC1. The van der Waals surface area contributed by atoms with Gasteiger partial charge in [-0.1, -0.05) is 0 Å². The first-order valence-electron chi connectivity index (χ1n) is 6.08. The van der Waals surface area contributed by atoms with E-state index in [2.05, 4.69) is 26.1 Å². The Labute approximate surface area is 115 Å². The van der Waals surface area contributed by atoms with Gasteiger partial charge < -0.3 is 10.1 Å². The van der Waals surface area contributed by atoms with E-state index in [1.165, 1.54) is 0 Å². The van der Waals surface area contributed by atoms with Crippen molar-refractivity contribution in [1.29, 1.82) is 0 Å². The maximum atomic E-state index is 14.2. The zero-order valence-electron chi connectivity index (χ0n) is 10.7. The van der Waals surface area contributed by atoms with Crippen LogP contribution >= 0.6 is 15.9 Å². The van der Waals surface area contributed by atoms with Gasteiger partial charge in [0.1, 0.15) is 11.6 Å². The summed E-state index contributed by atoms with van der Waals surface area (Å²) >= 11 is 3.26. The van der Waals surface area contributed by atoms with Crippen LogP contribution in [0.3, 0.4) is 0 Å². The lowest BCUT2D eigenvalue weighted by Gasteiger charge is -2.28. The van der Waals surface area contributed by atoms with Crippen LogP contribution in [0.25, 0.3) is 0 Å². The van der Waals surface area contributed by atoms with E-state index in [-0.39, 0.29) is 5.82 Å². The molecule has 0 bridgehead atoms. The van der Waals surface area contributed by atoms with Crippen LogP contribution in [0.15, 0.2) is 10.5 Å². The van der Waals surface area contributed by atoms with Gasteiger partial charge in [-0.25, -0.2) is 4.39 Å². The molecule has 100 valence electrons. The topological polar surface area (TPSA) is 24.5 Å². The van der Waals surface area contributed by atoms with E-state index >= 15 is 0 Å². The fourth-order valence-corrected chi connectivity index (χ4v) is 2.90. The summed E-state index contributed by atoms with van der Waals surface area (Å²) in [5.74, 6) is 0.449. The number of benzene rings is 1. The van der Waals surface area contributed by atoms with Crippen molar-refractivity contribution in [3.05, 3.63) is 27.5 Å². The molecule has 1 aromatic rings. The number of hydrogen-bond donors (Lipinski definition) is 1. The summed E-state index contributed by atoms with van der Waals surface area (Å²) < 4.78 is 20.1. The molecule has 1 saturated heterocycles. The standard InChI is InChI=1S/C13H18BrFN2O/c1-9-7-11(14)12(15)10(13(9)18-2)8-17-5-3-16-4-6-17/h7,16H,3-6,8H2,1-2H3. The summed E-state index contributed by atoms with van der Waals surface area (Å²) in [4.78, 5) is 2.24. The molecule has 0 aromatic heterocycles. The number of nitrogens with one attached hydrogen (secondary N) is 1. The van der Waals surface area contributed by atoms with Crippen molar-refractivity contribution in [3.8, 4) is 5.75 Å². The molecule has 1 heterocycles. The third kappa shape index (κ3) is 2.84. The zero-order valence-corrected chi connectivity index (χ0v) is 12.3. The average molecular weight is 317 g/mol. The van der Waals surface area contributed by atoms with E-state index < -0.39 is 0 Å². The lowest BCUT2D eigenvalue weighted by molar-refractivity contribution is 0.226. The number of methoxy groups -OCH3 is 1. The van der Waals surface area contributed by atoms with Gasteiger partial charge in [-0.15, -0.1) is 0 Å². The first-order valence-corrected chi connectivity index (χ1v) is 6.87. The Hall–Kier alpha value is -0.650. The van der Waals surface area contributed by atoms with Crippen LogP contribution in [-0.4, -0.2) is 38.2 Å². The second-order valence-corrected chi connectivity index (χ2v) is 5.38. The molecule has 5 heteroatoms. The van der Waals surface area contributed by atoms with E-state index in [9.17, 15) is 4.39 Å². The number of rotatable bonds is 3. The zero-order chi connectivity index (χ0) is 13.1. The quantitative estimate of drug-likeness (QED) is 0.926. The van der Waals surface area contributed by atoms with Gasteiger partial charge in [0.25, 0.3) is 0 Å². The fourth-order valence-electron chi connectivity index (χ4n) is 2.32. The molecule has 0 amide bonds. The van der Waals surface area contributed by atoms with Gasteiger partial charge in [-0.2, -0.15) is 0 Å². The summed E-state index contributed by atoms with van der Waals surface area (Å²) in [5.41, 5.74) is 1.60. The van der Waals surface area contributed by atoms with Crippen LogP contribution in [-0.2, 0) is 6.54 Å². The van der Waals surface area contributed by atoms with Crippen molar-refractivity contribution in [3.63, 3.8) is 0 Å². The Morgan fingerprint density at radius 2 is 2.11 bits per heavy atom. The average Bonchev–Trinajstić information content (AvgIpc) is 2.37. The molecule has 1 fully saturated rings. The van der Waals surface area contributed by atoms with E-state index in [4.69, 9.17) is 4.74 Å². The van der Waals surface area contributed by atoms with Crippen molar-refractivity contribution in [2.75, 3.05) is 33.3 Å². The van der Waals surface area contributed by atoms with E-state index in [0.717, 1.165) is 31.7 Å². The molecule has 1 aromatic carbocycles. The van der Waals surface area contributed by atoms with Crippen LogP contribution in [0.2, 0.25) is 0 Å². The highest BCUT2D eigenvalue weighted by atomic mass is 79.9. The lowest BCUT2D eigenvalue weighted by Crippen LogP contribution is -2.43. The molecule has 0 saturated carbocycles. The summed E-state index contributed by atoms with van der Waals surface area (Å²) in [6.07, 6.45) is 0. The number of ether oxygens (including phenoxy) is 1. The van der Waals surface area contributed by atoms with Gasteiger partial charge in [0, 0.05) is 38.3 Å². The highest BCUT2D eigenvalue weighted by Gasteiger charge is 2.19. The molecule has 3 nitrogen and oxygen atoms in total. The third-order valence-corrected chi connectivity index (χ3v) is 3.82. The molecule has 1 aliphatic rings. The maximum Gasteiger partial charge on any atom is 0.145 e. The number of halogens is 2. The van der Waals surface area contributed by atoms with Crippen LogP contribution in [0.5, 0.6) is 5.75 Å². The largest absolute Gasteiger partial charge is 0.496 e. The third-order valence-electron chi connectivity index (χ3n) is 3.25. The van der Waals surface area contributed by atoms with Crippen molar-refractivity contribution < 1.29 is 9.13 Å². The van der Waals surface area contributed by atoms with Crippen LogP contribution in [0.4, 0.5) is 4.39 Å². The molecule has 2 rings (SSSR count). The van der Waals surface area contributed by atoms with Gasteiger partial charge in [-0.05, 0) is 34.5 Å². The Bertz CT molecular complexity index is 433. The second-order valence-electron chi connectivity index (χ2n) is 4.53. The second kappa shape index (κ2) is 5.99. The van der Waals surface area contributed by atoms with Crippen molar-refractivity contribution >= 4 is 15.9 Å². The van der Waals surface area contributed by atoms with Gasteiger partial charge in [0.2, 0.25) is 0 Å². The molecule has 18 heavy (non-hydrogen) atoms. The minimum Gasteiger partial charge on any atom is -0.496 e. The highest BCUT2D eigenvalue weighted by Crippen LogP contribution is 2.32. The predicted molar refractivity (Wildman–Crippen MR) is 73.5 cm³/mol. The molecule has 0 atom stereocenters. The van der Waals surface area contributed by atoms with Crippen molar-refractivity contribution in [2.45, 2.75) is 13.5 Å². The molecule has 0 aliphatic carbocycles. The smallest absolute Gasteiger partial charge is 0.145 e. The molecule has 0 radical (unpaired) electrons. The van der Waals surface area contributed by atoms with Crippen LogP contribution < -0.4 is 10.1 Å². The maximum absolute atomic E-state index is 14.2. The monoisotopic (exact) mass is 316 g/mol. The molecule has 0 spiro atoms. The Kier molecular flexibility index (Phi) is 4.59. The first-order chi connectivity index (χ1) is 8.63. The number of nitrogens with zero attached hydrogens (tertiary/aromatic N) is 1. The van der Waals surface area contributed by atoms with Gasteiger partial charge in [-0.3, -0.25) is 4.90 Å². The number of aryl methyl sites for hydroxylation is 1. The Balaban J connectivity index is 2.29. The van der Waals surface area contributed by atoms with Crippen molar-refractivity contribution in [1.82, 2.24) is 10.2 Å². The summed E-state index contributed by atoms with van der Waals surface area (Å²) in [5, 5.41) is 3.29. The number of hydrogen-bond acceptors (Lipinski definition) is 3. The minimum atomic E-state index is -0.212. The molecule has 0 unspecified atom stereocenters. The Morgan fingerprint density at radius 3 is 2.72 bits per heavy atom.